The molecule has 0 aromatic heterocycles. The number of nitrogens with zero attached hydrogens (tertiary/aromatic N) is 1. The zero-order valence-electron chi connectivity index (χ0n) is 21.0. The van der Waals surface area contributed by atoms with Crippen LogP contribution in [0.1, 0.15) is 28.4 Å². The highest BCUT2D eigenvalue weighted by Crippen LogP contribution is 2.38. The number of aromatic carboxylic acids is 1. The number of thioether (sulfide) groups is 1. The van der Waals surface area contributed by atoms with Crippen LogP contribution in [0.4, 0.5) is 10.5 Å². The summed E-state index contributed by atoms with van der Waals surface area (Å²) in [5, 5.41) is 11.6. The summed E-state index contributed by atoms with van der Waals surface area (Å²) in [5.74, 6) is -1.28. The van der Waals surface area contributed by atoms with Crippen molar-refractivity contribution in [3.8, 4) is 11.5 Å². The second-order valence-corrected chi connectivity index (χ2v) is 10.9. The van der Waals surface area contributed by atoms with Crippen LogP contribution in [-0.2, 0) is 16.2 Å². The van der Waals surface area contributed by atoms with Gasteiger partial charge in [0.25, 0.3) is 11.1 Å². The fourth-order valence-corrected chi connectivity index (χ4v) is 5.51. The van der Waals surface area contributed by atoms with Crippen molar-refractivity contribution in [3.63, 3.8) is 0 Å². The number of hydrogen-bond acceptors (Lipinski definition) is 7. The average Bonchev–Trinajstić information content (AvgIpc) is 3.17. The summed E-state index contributed by atoms with van der Waals surface area (Å²) in [6.07, 6.45) is 1.56. The quantitative estimate of drug-likeness (QED) is 0.188. The van der Waals surface area contributed by atoms with Crippen LogP contribution in [0.5, 0.6) is 11.5 Å². The van der Waals surface area contributed by atoms with E-state index in [2.05, 4.69) is 27.9 Å². The highest BCUT2D eigenvalue weighted by Gasteiger charge is 2.36. The lowest BCUT2D eigenvalue weighted by Gasteiger charge is -2.15. The second kappa shape index (κ2) is 13.2. The Morgan fingerprint density at radius 3 is 2.60 bits per heavy atom. The summed E-state index contributed by atoms with van der Waals surface area (Å²) in [6, 6.07) is 16.6. The maximum Gasteiger partial charge on any atom is 0.335 e. The summed E-state index contributed by atoms with van der Waals surface area (Å²) in [4.78, 5) is 50.3. The molecule has 2 N–H and O–H groups in total. The monoisotopic (exact) mass is 692 g/mol. The van der Waals surface area contributed by atoms with Gasteiger partial charge < -0.3 is 19.9 Å². The number of amides is 3. The number of imide groups is 1. The first-order valence-corrected chi connectivity index (χ1v) is 14.1. The Balaban J connectivity index is 1.50. The number of carboxylic acid groups (broad SMARTS) is 1. The van der Waals surface area contributed by atoms with Crippen LogP contribution in [0.25, 0.3) is 6.08 Å². The highest BCUT2D eigenvalue weighted by molar-refractivity contribution is 14.1. The van der Waals surface area contributed by atoms with Crippen LogP contribution in [0.2, 0.25) is 5.02 Å². The molecule has 3 aromatic carbocycles. The lowest BCUT2D eigenvalue weighted by atomic mass is 10.1. The number of halogens is 2. The third-order valence-electron chi connectivity index (χ3n) is 5.51. The van der Waals surface area contributed by atoms with E-state index < -0.39 is 29.6 Å². The van der Waals surface area contributed by atoms with Gasteiger partial charge in [-0.3, -0.25) is 19.3 Å². The zero-order valence-corrected chi connectivity index (χ0v) is 24.7. The summed E-state index contributed by atoms with van der Waals surface area (Å²) in [7, 11) is 0. The average molecular weight is 693 g/mol. The summed E-state index contributed by atoms with van der Waals surface area (Å²) in [6.45, 7) is 1.83. The van der Waals surface area contributed by atoms with Gasteiger partial charge in [-0.2, -0.15) is 0 Å². The molecule has 0 spiro atoms. The molecule has 1 saturated heterocycles. The topological polar surface area (TPSA) is 122 Å². The molecule has 0 saturated carbocycles. The molecule has 12 heteroatoms. The smallest absolute Gasteiger partial charge is 0.335 e. The van der Waals surface area contributed by atoms with Crippen LogP contribution in [-0.4, -0.2) is 46.2 Å². The van der Waals surface area contributed by atoms with E-state index in [0.29, 0.717) is 43.5 Å². The van der Waals surface area contributed by atoms with Crippen molar-refractivity contribution in [1.82, 2.24) is 4.90 Å². The van der Waals surface area contributed by atoms with E-state index in [4.69, 9.17) is 21.1 Å². The Hall–Kier alpha value is -3.55. The van der Waals surface area contributed by atoms with Gasteiger partial charge in [-0.15, -0.1) is 0 Å². The number of anilines is 1. The molecule has 9 nitrogen and oxygen atoms in total. The van der Waals surface area contributed by atoms with Crippen molar-refractivity contribution in [3.05, 3.63) is 90.9 Å². The predicted octanol–water partition coefficient (Wildman–Crippen LogP) is 6.30. The Labute approximate surface area is 252 Å². The number of para-hydroxylation sites is 1. The molecule has 1 aliphatic heterocycles. The van der Waals surface area contributed by atoms with Gasteiger partial charge in [-0.05, 0) is 94.9 Å². The van der Waals surface area contributed by atoms with Crippen LogP contribution < -0.4 is 14.8 Å². The summed E-state index contributed by atoms with van der Waals surface area (Å²) >= 11 is 8.88. The van der Waals surface area contributed by atoms with Crippen molar-refractivity contribution >= 4 is 80.7 Å². The van der Waals surface area contributed by atoms with Gasteiger partial charge in [-0.25, -0.2) is 4.79 Å². The van der Waals surface area contributed by atoms with E-state index in [9.17, 15) is 24.3 Å². The molecular weight excluding hydrogens is 671 g/mol. The largest absolute Gasteiger partial charge is 0.490 e. The third-order valence-corrected chi connectivity index (χ3v) is 7.55. The van der Waals surface area contributed by atoms with Crippen molar-refractivity contribution in [2.45, 2.75) is 13.5 Å². The molecule has 3 amide bonds. The lowest BCUT2D eigenvalue weighted by Crippen LogP contribution is -2.36. The summed E-state index contributed by atoms with van der Waals surface area (Å²) in [5.41, 5.74) is 1.81. The fourth-order valence-electron chi connectivity index (χ4n) is 3.71. The van der Waals surface area contributed by atoms with Gasteiger partial charge in [0, 0.05) is 0 Å². The highest BCUT2D eigenvalue weighted by atomic mass is 127. The molecule has 0 bridgehead atoms. The number of carbonyl (C=O) groups is 4. The van der Waals surface area contributed by atoms with E-state index >= 15 is 0 Å². The minimum absolute atomic E-state index is 0.117. The fraction of sp³-hybridized carbons (Fsp3) is 0.143. The number of carbonyl (C=O) groups excluding carboxylic acids is 3. The van der Waals surface area contributed by atoms with Gasteiger partial charge in [-0.1, -0.05) is 35.9 Å². The molecule has 1 heterocycles. The molecule has 0 radical (unpaired) electrons. The van der Waals surface area contributed by atoms with Gasteiger partial charge in [0.05, 0.1) is 31.4 Å². The zero-order chi connectivity index (χ0) is 28.8. The molecule has 0 unspecified atom stereocenters. The Morgan fingerprint density at radius 1 is 1.10 bits per heavy atom. The maximum absolute atomic E-state index is 13.0. The van der Waals surface area contributed by atoms with Crippen molar-refractivity contribution in [1.29, 1.82) is 0 Å². The van der Waals surface area contributed by atoms with Crippen molar-refractivity contribution in [2.24, 2.45) is 0 Å². The molecule has 40 heavy (non-hydrogen) atoms. The van der Waals surface area contributed by atoms with Gasteiger partial charge >= 0.3 is 5.97 Å². The third kappa shape index (κ3) is 7.14. The standard InChI is InChI=1S/C28H22ClIN2O7S/c1-2-38-22-12-17(11-20(30)25(22)39-15-16-6-5-7-18(10-16)27(35)36)13-23-26(34)32(28(37)40-23)14-24(33)31-21-9-4-3-8-19(21)29/h3-13H,2,14-15H2,1H3,(H,31,33)(H,35,36)/b23-13+. The number of rotatable bonds is 10. The molecule has 0 aliphatic carbocycles. The first-order valence-electron chi connectivity index (χ1n) is 11.9. The first kappa shape index (κ1) is 29.4. The van der Waals surface area contributed by atoms with Crippen molar-refractivity contribution in [2.75, 3.05) is 18.5 Å². The van der Waals surface area contributed by atoms with E-state index in [0.717, 1.165) is 16.7 Å². The molecule has 0 atom stereocenters. The molecular formula is C28H22ClIN2O7S. The van der Waals surface area contributed by atoms with Crippen LogP contribution >= 0.6 is 46.0 Å². The molecule has 1 aliphatic rings. The Kier molecular flexibility index (Phi) is 9.71. The van der Waals surface area contributed by atoms with Gasteiger partial charge in [0.2, 0.25) is 5.91 Å². The SMILES string of the molecule is CCOc1cc(/C=C2/SC(=O)N(CC(=O)Nc3ccccc3Cl)C2=O)cc(I)c1OCc1cccc(C(=O)O)c1. The van der Waals surface area contributed by atoms with E-state index in [1.165, 1.54) is 12.1 Å². The summed E-state index contributed by atoms with van der Waals surface area (Å²) < 4.78 is 12.4. The number of carboxylic acids is 1. The number of hydrogen-bond donors (Lipinski definition) is 2. The maximum atomic E-state index is 13.0. The molecule has 4 rings (SSSR count). The normalized spacial score (nSPS) is 14.0. The van der Waals surface area contributed by atoms with E-state index in [1.807, 2.05) is 6.92 Å². The Bertz CT molecular complexity index is 1530. The molecule has 206 valence electrons. The predicted molar refractivity (Wildman–Crippen MR) is 161 cm³/mol. The van der Waals surface area contributed by atoms with Crippen molar-refractivity contribution < 1.29 is 33.8 Å². The molecule has 1 fully saturated rings. The van der Waals surface area contributed by atoms with Crippen LogP contribution in [0.15, 0.2) is 65.6 Å². The van der Waals surface area contributed by atoms with Crippen LogP contribution in [0.3, 0.4) is 0 Å². The minimum Gasteiger partial charge on any atom is -0.490 e. The van der Waals surface area contributed by atoms with Crippen LogP contribution in [0, 0.1) is 3.57 Å². The number of benzene rings is 3. The van der Waals surface area contributed by atoms with E-state index in [-0.39, 0.29) is 17.1 Å². The second-order valence-electron chi connectivity index (χ2n) is 8.35. The number of nitrogens with one attached hydrogen (secondary N) is 1. The minimum atomic E-state index is -1.03. The number of ether oxygens (including phenoxy) is 2. The lowest BCUT2D eigenvalue weighted by molar-refractivity contribution is -0.127. The molecule has 3 aromatic rings. The van der Waals surface area contributed by atoms with E-state index in [1.54, 1.807) is 54.6 Å². The van der Waals surface area contributed by atoms with Gasteiger partial charge in [0.1, 0.15) is 13.2 Å². The first-order chi connectivity index (χ1) is 19.2. The van der Waals surface area contributed by atoms with Gasteiger partial charge in [0.15, 0.2) is 11.5 Å². The Morgan fingerprint density at radius 2 is 1.88 bits per heavy atom.